The Morgan fingerprint density at radius 3 is 2.42 bits per heavy atom. The van der Waals surface area contributed by atoms with Gasteiger partial charge in [0, 0.05) is 31.1 Å². The van der Waals surface area contributed by atoms with E-state index in [1.165, 1.54) is 24.0 Å². The van der Waals surface area contributed by atoms with E-state index in [0.717, 1.165) is 32.7 Å². The van der Waals surface area contributed by atoms with Gasteiger partial charge < -0.3 is 9.80 Å². The molecule has 0 bridgehead atoms. The van der Waals surface area contributed by atoms with Gasteiger partial charge in [0.25, 0.3) is 5.91 Å². The molecule has 0 saturated carbocycles. The zero-order valence-electron chi connectivity index (χ0n) is 18.5. The van der Waals surface area contributed by atoms with E-state index in [1.807, 2.05) is 4.90 Å². The standard InChI is InChI=1S/C27H28Cl2N2OS/c28-25-7-6-21(14-26(25)29)27(32)31-16-23(24(17-31)22-10-13-33-18-22)15-30-11-8-20(9-12-30)19-4-2-1-3-5-19/h1-7,10,13-14,18,20,23-24H,8-9,11-12,15-17H2. The molecule has 172 valence electrons. The summed E-state index contributed by atoms with van der Waals surface area (Å²) in [6.45, 7) is 4.80. The smallest absolute Gasteiger partial charge is 0.253 e. The fourth-order valence-electron chi connectivity index (χ4n) is 5.40. The highest BCUT2D eigenvalue weighted by atomic mass is 35.5. The minimum atomic E-state index is 0.0408. The van der Waals surface area contributed by atoms with E-state index < -0.39 is 0 Å². The lowest BCUT2D eigenvalue weighted by Crippen LogP contribution is -2.38. The molecule has 33 heavy (non-hydrogen) atoms. The molecule has 2 aromatic carbocycles. The Bertz CT molecular complexity index is 1080. The van der Waals surface area contributed by atoms with Crippen LogP contribution in [0.5, 0.6) is 0 Å². The normalized spacial score (nSPS) is 22.1. The first-order valence-corrected chi connectivity index (χ1v) is 13.3. The molecule has 0 radical (unpaired) electrons. The second kappa shape index (κ2) is 10.2. The summed E-state index contributed by atoms with van der Waals surface area (Å²) in [6, 6.07) is 18.3. The van der Waals surface area contributed by atoms with Gasteiger partial charge in [-0.25, -0.2) is 0 Å². The summed E-state index contributed by atoms with van der Waals surface area (Å²) >= 11 is 14.0. The largest absolute Gasteiger partial charge is 0.338 e. The highest BCUT2D eigenvalue weighted by Gasteiger charge is 2.38. The summed E-state index contributed by atoms with van der Waals surface area (Å²) in [4.78, 5) is 17.9. The molecule has 0 aliphatic carbocycles. The van der Waals surface area contributed by atoms with Crippen LogP contribution >= 0.6 is 34.5 Å². The fourth-order valence-corrected chi connectivity index (χ4v) is 6.43. The van der Waals surface area contributed by atoms with Crippen LogP contribution in [0.4, 0.5) is 0 Å². The minimum Gasteiger partial charge on any atom is -0.338 e. The van der Waals surface area contributed by atoms with Crippen LogP contribution in [0.15, 0.2) is 65.4 Å². The summed E-state index contributed by atoms with van der Waals surface area (Å²) in [7, 11) is 0. The Hall–Kier alpha value is -1.85. The average molecular weight is 500 g/mol. The molecule has 5 rings (SSSR count). The van der Waals surface area contributed by atoms with Crippen molar-refractivity contribution in [2.24, 2.45) is 5.92 Å². The first-order chi connectivity index (χ1) is 16.1. The molecule has 6 heteroatoms. The maximum absolute atomic E-state index is 13.3. The summed E-state index contributed by atoms with van der Waals surface area (Å²) < 4.78 is 0. The Labute approximate surface area is 209 Å². The van der Waals surface area contributed by atoms with Gasteiger partial charge >= 0.3 is 0 Å². The number of amides is 1. The SMILES string of the molecule is O=C(c1ccc(Cl)c(Cl)c1)N1CC(CN2CCC(c3ccccc3)CC2)C(c2ccsc2)C1. The molecule has 1 amide bonds. The number of carbonyl (C=O) groups is 1. The number of halogens is 2. The van der Waals surface area contributed by atoms with Crippen LogP contribution in [0, 0.1) is 5.92 Å². The molecule has 2 aliphatic rings. The van der Waals surface area contributed by atoms with Crippen LogP contribution < -0.4 is 0 Å². The first kappa shape index (κ1) is 22.9. The van der Waals surface area contributed by atoms with E-state index in [0.29, 0.717) is 33.4 Å². The van der Waals surface area contributed by atoms with Gasteiger partial charge in [-0.1, -0.05) is 53.5 Å². The van der Waals surface area contributed by atoms with E-state index >= 15 is 0 Å². The number of nitrogens with zero attached hydrogens (tertiary/aromatic N) is 2. The molecule has 2 unspecified atom stereocenters. The fraction of sp³-hybridized carbons (Fsp3) is 0.370. The zero-order valence-corrected chi connectivity index (χ0v) is 20.8. The van der Waals surface area contributed by atoms with E-state index in [2.05, 4.69) is 52.1 Å². The van der Waals surface area contributed by atoms with Gasteiger partial charge in [0.05, 0.1) is 10.0 Å². The molecule has 2 aliphatic heterocycles. The third-order valence-corrected chi connectivity index (χ3v) is 8.66. The number of carbonyl (C=O) groups excluding carboxylic acids is 1. The van der Waals surface area contributed by atoms with Crippen molar-refractivity contribution in [3.8, 4) is 0 Å². The van der Waals surface area contributed by atoms with Crippen LogP contribution in [0.2, 0.25) is 10.0 Å². The molecule has 2 atom stereocenters. The van der Waals surface area contributed by atoms with Crippen LogP contribution in [-0.2, 0) is 0 Å². The summed E-state index contributed by atoms with van der Waals surface area (Å²) in [5.41, 5.74) is 3.43. The molecule has 2 saturated heterocycles. The highest BCUT2D eigenvalue weighted by molar-refractivity contribution is 7.08. The van der Waals surface area contributed by atoms with Crippen LogP contribution in [0.3, 0.4) is 0 Å². The average Bonchev–Trinajstić information content (AvgIpc) is 3.52. The van der Waals surface area contributed by atoms with Gasteiger partial charge in [-0.15, -0.1) is 0 Å². The van der Waals surface area contributed by atoms with Crippen molar-refractivity contribution in [2.45, 2.75) is 24.7 Å². The summed E-state index contributed by atoms with van der Waals surface area (Å²) in [5, 5.41) is 5.28. The number of piperidine rings is 1. The predicted molar refractivity (Wildman–Crippen MR) is 138 cm³/mol. The predicted octanol–water partition coefficient (Wildman–Crippen LogP) is 6.79. The highest BCUT2D eigenvalue weighted by Crippen LogP contribution is 2.37. The molecule has 3 heterocycles. The van der Waals surface area contributed by atoms with Gasteiger partial charge in [-0.3, -0.25) is 4.79 Å². The van der Waals surface area contributed by atoms with Crippen molar-refractivity contribution in [2.75, 3.05) is 32.7 Å². The van der Waals surface area contributed by atoms with Crippen molar-refractivity contribution in [3.05, 3.63) is 92.1 Å². The molecule has 1 aromatic heterocycles. The lowest BCUT2D eigenvalue weighted by Gasteiger charge is -2.34. The van der Waals surface area contributed by atoms with Crippen molar-refractivity contribution in [3.63, 3.8) is 0 Å². The third kappa shape index (κ3) is 5.14. The van der Waals surface area contributed by atoms with Crippen LogP contribution in [0.1, 0.15) is 46.2 Å². The number of hydrogen-bond donors (Lipinski definition) is 0. The first-order valence-electron chi connectivity index (χ1n) is 11.6. The lowest BCUT2D eigenvalue weighted by atomic mass is 9.87. The minimum absolute atomic E-state index is 0.0408. The molecule has 3 nitrogen and oxygen atoms in total. The van der Waals surface area contributed by atoms with Gasteiger partial charge in [0.1, 0.15) is 0 Å². The van der Waals surface area contributed by atoms with E-state index in [-0.39, 0.29) is 5.91 Å². The Kier molecular flexibility index (Phi) is 7.07. The van der Waals surface area contributed by atoms with Crippen LogP contribution in [0.25, 0.3) is 0 Å². The van der Waals surface area contributed by atoms with Gasteiger partial charge in [-0.05, 0) is 83.9 Å². The second-order valence-electron chi connectivity index (χ2n) is 9.25. The summed E-state index contributed by atoms with van der Waals surface area (Å²) in [6.07, 6.45) is 2.40. The van der Waals surface area contributed by atoms with Crippen molar-refractivity contribution < 1.29 is 4.79 Å². The number of rotatable bonds is 5. The number of benzene rings is 2. The molecule has 0 spiro atoms. The summed E-state index contributed by atoms with van der Waals surface area (Å²) in [5.74, 6) is 1.50. The van der Waals surface area contributed by atoms with Gasteiger partial charge in [0.15, 0.2) is 0 Å². The van der Waals surface area contributed by atoms with Crippen molar-refractivity contribution in [1.82, 2.24) is 9.80 Å². The lowest BCUT2D eigenvalue weighted by molar-refractivity contribution is 0.0781. The maximum Gasteiger partial charge on any atom is 0.253 e. The molecule has 3 aromatic rings. The number of hydrogen-bond acceptors (Lipinski definition) is 3. The Morgan fingerprint density at radius 1 is 0.939 bits per heavy atom. The number of thiophene rings is 1. The van der Waals surface area contributed by atoms with E-state index in [4.69, 9.17) is 23.2 Å². The molecule has 2 fully saturated rings. The number of likely N-dealkylation sites (tertiary alicyclic amines) is 2. The quantitative estimate of drug-likeness (QED) is 0.386. The van der Waals surface area contributed by atoms with E-state index in [9.17, 15) is 4.79 Å². The van der Waals surface area contributed by atoms with Crippen LogP contribution in [-0.4, -0.2) is 48.4 Å². The second-order valence-corrected chi connectivity index (χ2v) is 10.8. The third-order valence-electron chi connectivity index (χ3n) is 7.22. The zero-order chi connectivity index (χ0) is 22.8. The van der Waals surface area contributed by atoms with Gasteiger partial charge in [-0.2, -0.15) is 11.3 Å². The van der Waals surface area contributed by atoms with Crippen molar-refractivity contribution in [1.29, 1.82) is 0 Å². The van der Waals surface area contributed by atoms with Gasteiger partial charge in [0.2, 0.25) is 0 Å². The van der Waals surface area contributed by atoms with E-state index in [1.54, 1.807) is 29.5 Å². The monoisotopic (exact) mass is 498 g/mol. The molecule has 0 N–H and O–H groups in total. The van der Waals surface area contributed by atoms with Crippen molar-refractivity contribution >= 4 is 40.4 Å². The molecular formula is C27H28Cl2N2OS. The topological polar surface area (TPSA) is 23.6 Å². The Morgan fingerprint density at radius 2 is 1.73 bits per heavy atom. The Balaban J connectivity index is 1.27. The maximum atomic E-state index is 13.3. The molecular weight excluding hydrogens is 471 g/mol.